The van der Waals surface area contributed by atoms with Crippen LogP contribution >= 0.6 is 0 Å². The predicted octanol–water partition coefficient (Wildman–Crippen LogP) is 3.30. The first-order valence-electron chi connectivity index (χ1n) is 13.8. The fourth-order valence-electron chi connectivity index (χ4n) is 5.89. The van der Waals surface area contributed by atoms with Crippen LogP contribution < -0.4 is 10.6 Å². The first kappa shape index (κ1) is 28.3. The van der Waals surface area contributed by atoms with E-state index in [1.54, 1.807) is 19.0 Å². The van der Waals surface area contributed by atoms with Gasteiger partial charge >= 0.3 is 12.1 Å². The van der Waals surface area contributed by atoms with E-state index in [2.05, 4.69) is 27.7 Å². The molecule has 3 N–H and O–H groups in total. The van der Waals surface area contributed by atoms with Crippen molar-refractivity contribution in [1.82, 2.24) is 20.4 Å². The lowest BCUT2D eigenvalue weighted by Gasteiger charge is -2.31. The lowest BCUT2D eigenvalue weighted by Crippen LogP contribution is -2.63. The van der Waals surface area contributed by atoms with E-state index < -0.39 is 29.6 Å². The van der Waals surface area contributed by atoms with Gasteiger partial charge in [-0.25, -0.2) is 9.59 Å². The Labute approximate surface area is 240 Å². The Kier molecular flexibility index (Phi) is 8.37. The van der Waals surface area contributed by atoms with E-state index in [0.29, 0.717) is 19.5 Å². The maximum absolute atomic E-state index is 13.7. The predicted molar refractivity (Wildman–Crippen MR) is 155 cm³/mol. The molecule has 41 heavy (non-hydrogen) atoms. The highest BCUT2D eigenvalue weighted by molar-refractivity contribution is 5.93. The number of hydrogen-bond acceptors (Lipinski definition) is 6. The van der Waals surface area contributed by atoms with E-state index in [1.165, 1.54) is 0 Å². The summed E-state index contributed by atoms with van der Waals surface area (Å²) in [6.45, 7) is 1.62. The van der Waals surface area contributed by atoms with Crippen LogP contribution in [0.15, 0.2) is 78.9 Å². The molecular formula is C32H36N4O5. The number of nitrogens with zero attached hydrogens (tertiary/aromatic N) is 2. The molecular weight excluding hydrogens is 520 g/mol. The largest absolute Gasteiger partial charge is 0.480 e. The van der Waals surface area contributed by atoms with Gasteiger partial charge in [-0.1, -0.05) is 78.9 Å². The Bertz CT molecular complexity index is 1370. The number of alkyl carbamates (subject to hydrolysis) is 1. The van der Waals surface area contributed by atoms with Crippen LogP contribution in [0.2, 0.25) is 0 Å². The molecule has 9 heteroatoms. The van der Waals surface area contributed by atoms with E-state index in [9.17, 15) is 19.5 Å². The van der Waals surface area contributed by atoms with E-state index in [1.807, 2.05) is 66.7 Å². The van der Waals surface area contributed by atoms with Gasteiger partial charge in [0.05, 0.1) is 0 Å². The molecule has 5 rings (SSSR count). The molecule has 2 amide bonds. The van der Waals surface area contributed by atoms with Gasteiger partial charge in [0.1, 0.15) is 18.2 Å². The third-order valence-electron chi connectivity index (χ3n) is 7.87. The lowest BCUT2D eigenvalue weighted by atomic mass is 9.96. The third kappa shape index (κ3) is 6.26. The quantitative estimate of drug-likeness (QED) is 0.351. The molecule has 1 aliphatic heterocycles. The molecule has 1 heterocycles. The summed E-state index contributed by atoms with van der Waals surface area (Å²) >= 11 is 0. The fraction of sp³-hybridized carbons (Fsp3) is 0.344. The van der Waals surface area contributed by atoms with Crippen molar-refractivity contribution in [2.75, 3.05) is 40.3 Å². The van der Waals surface area contributed by atoms with Gasteiger partial charge in [0.25, 0.3) is 0 Å². The Hall–Kier alpha value is -4.21. The van der Waals surface area contributed by atoms with Crippen LogP contribution in [0.4, 0.5) is 4.79 Å². The van der Waals surface area contributed by atoms with Crippen molar-refractivity contribution in [2.45, 2.75) is 30.5 Å². The standard InChI is InChI=1S/C32H36N4O5/c1-35(2)19-28(29(37)38)33-30(39)32(16-17-36(21-32)18-22-10-4-3-5-11-22)34-31(40)41-20-27-25-14-8-6-12-23(25)24-13-7-9-15-26(24)27/h3-15,27-28H,16-21H2,1-2H3,(H,33,39)(H,34,40)(H,37,38). The first-order valence-corrected chi connectivity index (χ1v) is 13.8. The van der Waals surface area contributed by atoms with Crippen molar-refractivity contribution < 1.29 is 24.2 Å². The highest BCUT2D eigenvalue weighted by Crippen LogP contribution is 2.44. The molecule has 0 saturated carbocycles. The summed E-state index contributed by atoms with van der Waals surface area (Å²) in [5.74, 6) is -1.79. The van der Waals surface area contributed by atoms with E-state index >= 15 is 0 Å². The minimum atomic E-state index is -1.34. The number of benzene rings is 3. The van der Waals surface area contributed by atoms with Gasteiger partial charge in [0.15, 0.2) is 0 Å². The number of hydrogen-bond donors (Lipinski definition) is 3. The van der Waals surface area contributed by atoms with Crippen LogP contribution in [0, 0.1) is 0 Å². The van der Waals surface area contributed by atoms with Crippen LogP contribution in [-0.2, 0) is 20.9 Å². The van der Waals surface area contributed by atoms with Gasteiger partial charge < -0.3 is 25.4 Å². The van der Waals surface area contributed by atoms with E-state index in [-0.39, 0.29) is 25.6 Å². The number of amides is 2. The molecule has 2 aliphatic rings. The number of carboxylic acids is 1. The molecule has 0 radical (unpaired) electrons. The van der Waals surface area contributed by atoms with Gasteiger partial charge in [0, 0.05) is 32.1 Å². The summed E-state index contributed by atoms with van der Waals surface area (Å²) in [7, 11) is 3.48. The lowest BCUT2D eigenvalue weighted by molar-refractivity contribution is -0.143. The summed E-state index contributed by atoms with van der Waals surface area (Å²) < 4.78 is 5.77. The van der Waals surface area contributed by atoms with Crippen molar-refractivity contribution >= 4 is 18.0 Å². The number of nitrogens with one attached hydrogen (secondary N) is 2. The van der Waals surface area contributed by atoms with Crippen LogP contribution in [0.25, 0.3) is 11.1 Å². The highest BCUT2D eigenvalue weighted by Gasteiger charge is 2.47. The van der Waals surface area contributed by atoms with Crippen LogP contribution in [0.5, 0.6) is 0 Å². The Morgan fingerprint density at radius 3 is 2.20 bits per heavy atom. The summed E-state index contributed by atoms with van der Waals surface area (Å²) in [4.78, 5) is 42.7. The van der Waals surface area contributed by atoms with Crippen LogP contribution in [0.1, 0.15) is 29.0 Å². The van der Waals surface area contributed by atoms with Crippen molar-refractivity contribution in [3.8, 4) is 11.1 Å². The molecule has 1 aliphatic carbocycles. The molecule has 0 aromatic heterocycles. The number of carboxylic acid groups (broad SMARTS) is 1. The number of fused-ring (bicyclic) bond motifs is 3. The second-order valence-electron chi connectivity index (χ2n) is 11.1. The SMILES string of the molecule is CN(C)CC(NC(=O)C1(NC(=O)OCC2c3ccccc3-c3ccccc32)CCN(Cc2ccccc2)C1)C(=O)O. The van der Waals surface area contributed by atoms with E-state index in [4.69, 9.17) is 4.74 Å². The summed E-state index contributed by atoms with van der Waals surface area (Å²) in [5.41, 5.74) is 4.19. The van der Waals surface area contributed by atoms with Gasteiger partial charge in [-0.2, -0.15) is 0 Å². The van der Waals surface area contributed by atoms with Gasteiger partial charge in [0.2, 0.25) is 5.91 Å². The Balaban J connectivity index is 1.32. The minimum absolute atomic E-state index is 0.115. The molecule has 214 valence electrons. The smallest absolute Gasteiger partial charge is 0.408 e. The molecule has 0 bridgehead atoms. The second-order valence-corrected chi connectivity index (χ2v) is 11.1. The third-order valence-corrected chi connectivity index (χ3v) is 7.87. The molecule has 1 fully saturated rings. The van der Waals surface area contributed by atoms with Gasteiger partial charge in [-0.15, -0.1) is 0 Å². The maximum Gasteiger partial charge on any atom is 0.408 e. The second kappa shape index (κ2) is 12.1. The van der Waals surface area contributed by atoms with Crippen molar-refractivity contribution in [3.63, 3.8) is 0 Å². The van der Waals surface area contributed by atoms with Crippen molar-refractivity contribution in [2.24, 2.45) is 0 Å². The molecule has 1 saturated heterocycles. The number of likely N-dealkylation sites (tertiary alicyclic amines) is 1. The molecule has 3 aromatic carbocycles. The number of carbonyl (C=O) groups is 3. The van der Waals surface area contributed by atoms with Crippen molar-refractivity contribution in [3.05, 3.63) is 95.6 Å². The zero-order valence-corrected chi connectivity index (χ0v) is 23.4. The number of ether oxygens (including phenoxy) is 1. The minimum Gasteiger partial charge on any atom is -0.480 e. The zero-order valence-electron chi connectivity index (χ0n) is 23.4. The number of carbonyl (C=O) groups excluding carboxylic acids is 2. The monoisotopic (exact) mass is 556 g/mol. The molecule has 3 aromatic rings. The first-order chi connectivity index (χ1) is 19.8. The van der Waals surface area contributed by atoms with Gasteiger partial charge in [-0.05, 0) is 48.3 Å². The van der Waals surface area contributed by atoms with E-state index in [0.717, 1.165) is 27.8 Å². The highest BCUT2D eigenvalue weighted by atomic mass is 16.5. The normalized spacial score (nSPS) is 18.9. The summed E-state index contributed by atoms with van der Waals surface area (Å²) in [6, 6.07) is 24.9. The fourth-order valence-corrected chi connectivity index (χ4v) is 5.89. The van der Waals surface area contributed by atoms with Crippen LogP contribution in [0.3, 0.4) is 0 Å². The Morgan fingerprint density at radius 2 is 1.59 bits per heavy atom. The van der Waals surface area contributed by atoms with Crippen molar-refractivity contribution in [1.29, 1.82) is 0 Å². The van der Waals surface area contributed by atoms with Crippen LogP contribution in [-0.4, -0.2) is 84.8 Å². The topological polar surface area (TPSA) is 111 Å². The number of likely N-dealkylation sites (N-methyl/N-ethyl adjacent to an activating group) is 1. The molecule has 0 spiro atoms. The summed E-state index contributed by atoms with van der Waals surface area (Å²) in [5, 5.41) is 15.3. The van der Waals surface area contributed by atoms with Gasteiger partial charge in [-0.3, -0.25) is 9.69 Å². The molecule has 2 unspecified atom stereocenters. The number of aliphatic carboxylic acids is 1. The average molecular weight is 557 g/mol. The molecule has 2 atom stereocenters. The maximum atomic E-state index is 13.7. The molecule has 9 nitrogen and oxygen atoms in total. The Morgan fingerprint density at radius 1 is 0.976 bits per heavy atom. The number of rotatable bonds is 10. The summed E-state index contributed by atoms with van der Waals surface area (Å²) in [6.07, 6.45) is -0.382. The zero-order chi connectivity index (χ0) is 29.0. The average Bonchev–Trinajstić information content (AvgIpc) is 3.51.